The summed E-state index contributed by atoms with van der Waals surface area (Å²) in [6.45, 7) is 10.7. The van der Waals surface area contributed by atoms with Crippen molar-refractivity contribution in [2.45, 2.75) is 76.8 Å². The summed E-state index contributed by atoms with van der Waals surface area (Å²) >= 11 is 0. The average molecular weight is 553 g/mol. The maximum absolute atomic E-state index is 12.9. The van der Waals surface area contributed by atoms with Crippen LogP contribution in [0.4, 0.5) is 10.5 Å². The Morgan fingerprint density at radius 2 is 1.80 bits per heavy atom. The number of carbonyl (C=O) groups excluding carboxylic acids is 2. The van der Waals surface area contributed by atoms with Crippen molar-refractivity contribution in [3.63, 3.8) is 0 Å². The number of anilines is 1. The molecule has 4 rings (SSSR count). The minimum absolute atomic E-state index is 0.0251. The Labute approximate surface area is 236 Å². The molecule has 1 amide bonds. The van der Waals surface area contributed by atoms with E-state index >= 15 is 0 Å². The predicted molar refractivity (Wildman–Crippen MR) is 150 cm³/mol. The molecule has 2 heterocycles. The van der Waals surface area contributed by atoms with E-state index in [4.69, 9.17) is 18.9 Å². The first-order chi connectivity index (χ1) is 19.1. The highest BCUT2D eigenvalue weighted by atomic mass is 16.7. The van der Waals surface area contributed by atoms with Gasteiger partial charge in [0.2, 0.25) is 0 Å². The fraction of sp³-hybridized carbons (Fsp3) is 0.484. The first kappa shape index (κ1) is 29.7. The number of aliphatic hydroxyl groups excluding tert-OH is 1. The van der Waals surface area contributed by atoms with Crippen LogP contribution in [0.3, 0.4) is 0 Å². The lowest BCUT2D eigenvalue weighted by atomic mass is 9.99. The SMILES string of the molecule is C=CCOC(=O)Nc1ccc([C@H]2O[C@@H](CN3CCC[C@H]3C(=O)OC(C)(C)C)C[C@@H](c3ccc(CO)cc3)O2)cc1. The van der Waals surface area contributed by atoms with Gasteiger partial charge in [-0.05, 0) is 63.4 Å². The number of nitrogens with zero attached hydrogens (tertiary/aromatic N) is 1. The first-order valence-corrected chi connectivity index (χ1v) is 13.8. The van der Waals surface area contributed by atoms with Crippen molar-refractivity contribution in [3.05, 3.63) is 77.9 Å². The van der Waals surface area contributed by atoms with Crippen LogP contribution in [0.15, 0.2) is 61.2 Å². The van der Waals surface area contributed by atoms with E-state index in [1.54, 1.807) is 12.1 Å². The summed E-state index contributed by atoms with van der Waals surface area (Å²) in [7, 11) is 0. The van der Waals surface area contributed by atoms with Gasteiger partial charge in [0, 0.05) is 24.2 Å². The molecule has 9 nitrogen and oxygen atoms in total. The van der Waals surface area contributed by atoms with E-state index in [2.05, 4.69) is 16.8 Å². The van der Waals surface area contributed by atoms with Gasteiger partial charge in [-0.3, -0.25) is 15.0 Å². The molecule has 2 N–H and O–H groups in total. The fourth-order valence-electron chi connectivity index (χ4n) is 4.99. The molecule has 2 aliphatic heterocycles. The zero-order chi connectivity index (χ0) is 28.7. The Hall–Kier alpha value is -3.24. The molecular formula is C31H40N2O7. The lowest BCUT2D eigenvalue weighted by Gasteiger charge is -2.38. The van der Waals surface area contributed by atoms with Crippen molar-refractivity contribution in [2.75, 3.05) is 25.0 Å². The molecule has 0 saturated carbocycles. The molecule has 4 atom stereocenters. The zero-order valence-electron chi connectivity index (χ0n) is 23.5. The third kappa shape index (κ3) is 8.14. The number of likely N-dealkylation sites (tertiary alicyclic amines) is 1. The second-order valence-electron chi connectivity index (χ2n) is 11.2. The summed E-state index contributed by atoms with van der Waals surface area (Å²) < 4.78 is 23.6. The summed E-state index contributed by atoms with van der Waals surface area (Å²) in [5.74, 6) is -0.195. The van der Waals surface area contributed by atoms with E-state index in [9.17, 15) is 14.7 Å². The van der Waals surface area contributed by atoms with Gasteiger partial charge < -0.3 is 24.1 Å². The summed E-state index contributed by atoms with van der Waals surface area (Å²) in [5.41, 5.74) is 2.66. The van der Waals surface area contributed by atoms with Crippen LogP contribution >= 0.6 is 0 Å². The van der Waals surface area contributed by atoms with E-state index in [0.29, 0.717) is 18.7 Å². The molecule has 2 fully saturated rings. The van der Waals surface area contributed by atoms with E-state index in [1.165, 1.54) is 6.08 Å². The van der Waals surface area contributed by atoms with E-state index in [1.807, 2.05) is 57.2 Å². The monoisotopic (exact) mass is 552 g/mol. The van der Waals surface area contributed by atoms with Crippen molar-refractivity contribution in [3.8, 4) is 0 Å². The second-order valence-corrected chi connectivity index (χ2v) is 11.2. The van der Waals surface area contributed by atoms with Gasteiger partial charge in [0.15, 0.2) is 6.29 Å². The van der Waals surface area contributed by atoms with Gasteiger partial charge in [-0.2, -0.15) is 0 Å². The number of ether oxygens (including phenoxy) is 4. The Balaban J connectivity index is 1.50. The minimum atomic E-state index is -0.648. The lowest BCUT2D eigenvalue weighted by molar-refractivity contribution is -0.253. The fourth-order valence-corrected chi connectivity index (χ4v) is 4.99. The maximum Gasteiger partial charge on any atom is 0.411 e. The topological polar surface area (TPSA) is 107 Å². The van der Waals surface area contributed by atoms with Crippen molar-refractivity contribution in [1.29, 1.82) is 0 Å². The van der Waals surface area contributed by atoms with Crippen LogP contribution < -0.4 is 5.32 Å². The number of aliphatic hydroxyl groups is 1. The minimum Gasteiger partial charge on any atom is -0.459 e. The summed E-state index contributed by atoms with van der Waals surface area (Å²) in [5, 5.41) is 12.1. The van der Waals surface area contributed by atoms with Crippen molar-refractivity contribution in [1.82, 2.24) is 4.90 Å². The number of benzene rings is 2. The summed E-state index contributed by atoms with van der Waals surface area (Å²) in [6, 6.07) is 14.7. The molecule has 9 heteroatoms. The van der Waals surface area contributed by atoms with Gasteiger partial charge in [0.25, 0.3) is 0 Å². The molecule has 2 aromatic rings. The predicted octanol–water partition coefficient (Wildman–Crippen LogP) is 5.26. The highest BCUT2D eigenvalue weighted by Gasteiger charge is 2.38. The number of amides is 1. The summed E-state index contributed by atoms with van der Waals surface area (Å²) in [4.78, 5) is 27.0. The van der Waals surface area contributed by atoms with Crippen LogP contribution in [0.5, 0.6) is 0 Å². The largest absolute Gasteiger partial charge is 0.459 e. The van der Waals surface area contributed by atoms with Crippen molar-refractivity contribution >= 4 is 17.7 Å². The number of hydrogen-bond acceptors (Lipinski definition) is 8. The third-order valence-electron chi connectivity index (χ3n) is 6.86. The number of nitrogens with one attached hydrogen (secondary N) is 1. The van der Waals surface area contributed by atoms with E-state index in [0.717, 1.165) is 36.1 Å². The van der Waals surface area contributed by atoms with Gasteiger partial charge in [0.05, 0.1) is 18.8 Å². The van der Waals surface area contributed by atoms with Crippen LogP contribution in [0.2, 0.25) is 0 Å². The van der Waals surface area contributed by atoms with Crippen LogP contribution in [0.1, 0.15) is 69.1 Å². The first-order valence-electron chi connectivity index (χ1n) is 13.8. The van der Waals surface area contributed by atoms with Gasteiger partial charge in [-0.25, -0.2) is 4.79 Å². The standard InChI is InChI=1S/C31H40N2O7/c1-5-17-37-30(36)32-24-14-12-23(13-15-24)29-38-25(18-27(39-29)22-10-8-21(20-34)9-11-22)19-33-16-6-7-26(33)28(35)40-31(2,3)4/h5,8-15,25-27,29,34H,1,6-7,16-20H2,2-4H3,(H,32,36)/t25-,26+,27+,29+/m1/s1. The molecule has 0 spiro atoms. The van der Waals surface area contributed by atoms with E-state index < -0.39 is 18.0 Å². The third-order valence-corrected chi connectivity index (χ3v) is 6.86. The van der Waals surface area contributed by atoms with Crippen LogP contribution in [0, 0.1) is 0 Å². The molecule has 2 aromatic carbocycles. The molecule has 0 unspecified atom stereocenters. The molecule has 0 aliphatic carbocycles. The quantitative estimate of drug-likeness (QED) is 0.320. The van der Waals surface area contributed by atoms with Gasteiger partial charge in [-0.1, -0.05) is 49.1 Å². The van der Waals surface area contributed by atoms with Crippen LogP contribution in [-0.4, -0.2) is 59.5 Å². The van der Waals surface area contributed by atoms with Crippen molar-refractivity contribution in [2.24, 2.45) is 0 Å². The Morgan fingerprint density at radius 3 is 2.45 bits per heavy atom. The number of rotatable bonds is 9. The zero-order valence-corrected chi connectivity index (χ0v) is 23.5. The molecule has 2 saturated heterocycles. The van der Waals surface area contributed by atoms with Crippen LogP contribution in [0.25, 0.3) is 0 Å². The number of esters is 1. The number of carbonyl (C=O) groups is 2. The smallest absolute Gasteiger partial charge is 0.411 e. The van der Waals surface area contributed by atoms with Crippen molar-refractivity contribution < 1.29 is 33.6 Å². The molecule has 216 valence electrons. The molecule has 40 heavy (non-hydrogen) atoms. The average Bonchev–Trinajstić information content (AvgIpc) is 3.39. The van der Waals surface area contributed by atoms with Gasteiger partial charge >= 0.3 is 12.1 Å². The Kier molecular flexibility index (Phi) is 9.97. The maximum atomic E-state index is 12.9. The van der Waals surface area contributed by atoms with Gasteiger partial charge in [0.1, 0.15) is 18.2 Å². The Bertz CT molecular complexity index is 1140. The molecule has 0 bridgehead atoms. The highest BCUT2D eigenvalue weighted by Crippen LogP contribution is 2.39. The number of hydrogen-bond donors (Lipinski definition) is 2. The van der Waals surface area contributed by atoms with Crippen LogP contribution in [-0.2, 0) is 30.3 Å². The van der Waals surface area contributed by atoms with E-state index in [-0.39, 0.29) is 37.4 Å². The molecular weight excluding hydrogens is 512 g/mol. The Morgan fingerprint density at radius 1 is 1.10 bits per heavy atom. The lowest BCUT2D eigenvalue weighted by Crippen LogP contribution is -2.45. The normalized spacial score (nSPS) is 23.4. The molecule has 2 aliphatic rings. The van der Waals surface area contributed by atoms with Gasteiger partial charge in [-0.15, -0.1) is 0 Å². The summed E-state index contributed by atoms with van der Waals surface area (Å²) in [6.07, 6.45) is 2.15. The molecule has 0 radical (unpaired) electrons. The molecule has 0 aromatic heterocycles. The highest BCUT2D eigenvalue weighted by molar-refractivity contribution is 5.84. The second kappa shape index (κ2) is 13.4.